The first-order valence-corrected chi connectivity index (χ1v) is 14.8. The number of methoxy groups -OCH3 is 1. The Morgan fingerprint density at radius 3 is 2.60 bits per heavy atom. The highest BCUT2D eigenvalue weighted by Gasteiger charge is 2.74. The summed E-state index contributed by atoms with van der Waals surface area (Å²) in [4.78, 5) is 32.3. The van der Waals surface area contributed by atoms with E-state index in [9.17, 15) is 14.0 Å². The molecule has 3 atom stereocenters. The summed E-state index contributed by atoms with van der Waals surface area (Å²) in [5.41, 5.74) is 5.06. The number of ether oxygens (including phenoxy) is 2. The lowest BCUT2D eigenvalue weighted by molar-refractivity contribution is -0.115. The van der Waals surface area contributed by atoms with E-state index in [1.807, 2.05) is 53.6 Å². The van der Waals surface area contributed by atoms with Gasteiger partial charge in [-0.25, -0.2) is 8.91 Å². The van der Waals surface area contributed by atoms with Crippen LogP contribution < -0.4 is 15.4 Å². The summed E-state index contributed by atoms with van der Waals surface area (Å²) in [5.74, 6) is 0.870. The molecule has 0 radical (unpaired) electrons. The molecule has 1 spiro atoms. The number of hydrogen-bond donors (Lipinski definition) is 2. The van der Waals surface area contributed by atoms with Gasteiger partial charge in [-0.2, -0.15) is 4.98 Å². The Labute approximate surface area is 257 Å². The predicted molar refractivity (Wildman–Crippen MR) is 165 cm³/mol. The van der Waals surface area contributed by atoms with Crippen molar-refractivity contribution in [2.24, 2.45) is 5.92 Å². The number of fused-ring (bicyclic) bond motifs is 1. The van der Waals surface area contributed by atoms with E-state index in [-0.39, 0.29) is 35.7 Å². The van der Waals surface area contributed by atoms with Crippen molar-refractivity contribution in [3.8, 4) is 16.9 Å². The van der Waals surface area contributed by atoms with E-state index in [4.69, 9.17) is 9.47 Å². The highest BCUT2D eigenvalue weighted by atomic mass is 19.1. The fourth-order valence-electron chi connectivity index (χ4n) is 6.57. The largest absolute Gasteiger partial charge is 0.495 e. The lowest BCUT2D eigenvalue weighted by Gasteiger charge is -2.46. The number of hydrogen-bond acceptors (Lipinski definition) is 7. The summed E-state index contributed by atoms with van der Waals surface area (Å²) in [7, 11) is 1.57. The first-order chi connectivity index (χ1) is 21.9. The van der Waals surface area contributed by atoms with Crippen LogP contribution in [0.15, 0.2) is 85.1 Å². The van der Waals surface area contributed by atoms with E-state index in [0.717, 1.165) is 29.7 Å². The number of carbonyl (C=O) groups excluding carboxylic acids is 2. The third kappa shape index (κ3) is 4.76. The molecule has 1 saturated carbocycles. The Hall–Kier alpha value is -5.29. The van der Waals surface area contributed by atoms with Gasteiger partial charge in [-0.05, 0) is 72.1 Å². The van der Waals surface area contributed by atoms with Crippen LogP contribution in [0.4, 0.5) is 21.7 Å². The van der Waals surface area contributed by atoms with E-state index in [1.54, 1.807) is 35.9 Å². The molecule has 8 rings (SSSR count). The molecule has 3 unspecified atom stereocenters. The summed E-state index contributed by atoms with van der Waals surface area (Å²) in [6.07, 6.45) is 3.26. The number of nitrogens with zero attached hydrogens (tertiary/aromatic N) is 4. The quantitative estimate of drug-likeness (QED) is 0.254. The molecule has 2 aliphatic heterocycles. The second-order valence-corrected chi connectivity index (χ2v) is 11.8. The smallest absolute Gasteiger partial charge is 0.254 e. The molecule has 45 heavy (non-hydrogen) atoms. The molecule has 5 aromatic rings. The van der Waals surface area contributed by atoms with Crippen LogP contribution in [-0.4, -0.2) is 63.2 Å². The standard InChI is InChI=1S/C34H29FN6O4/c1-44-28-15-22(32(43)40-18-29-34(40)16-24(34)19-45-29)6-12-27(28)37-33-38-30-13-7-23(17-41(30)39-33)21-4-10-26(11-5-21)36-31(42)14-20-2-8-25(35)9-3-20/h2-13,15,17,24,29H,14,16,18-19H2,1H3,(H,36,42)(H,37,39). The Morgan fingerprint density at radius 1 is 1.04 bits per heavy atom. The first-order valence-electron chi connectivity index (χ1n) is 14.8. The minimum atomic E-state index is -0.332. The van der Waals surface area contributed by atoms with Crippen LogP contribution in [0.2, 0.25) is 0 Å². The first kappa shape index (κ1) is 27.3. The molecule has 2 N–H and O–H groups in total. The van der Waals surface area contributed by atoms with Crippen LogP contribution in [-0.2, 0) is 16.0 Å². The van der Waals surface area contributed by atoms with Crippen molar-refractivity contribution in [3.05, 3.63) is 102 Å². The monoisotopic (exact) mass is 604 g/mol. The van der Waals surface area contributed by atoms with Crippen LogP contribution in [0.3, 0.4) is 0 Å². The minimum absolute atomic E-state index is 0.00268. The Kier molecular flexibility index (Phi) is 6.31. The van der Waals surface area contributed by atoms with Gasteiger partial charge in [0.15, 0.2) is 5.65 Å². The molecule has 3 aromatic carbocycles. The van der Waals surface area contributed by atoms with Gasteiger partial charge in [-0.1, -0.05) is 24.3 Å². The SMILES string of the molecule is COc1cc(C(=O)N2CC3OCC4CC432)ccc1Nc1nc2ccc(-c3ccc(NC(=O)Cc4ccc(F)cc4)cc3)cn2n1. The second-order valence-electron chi connectivity index (χ2n) is 11.8. The number of nitrogens with one attached hydrogen (secondary N) is 2. The Balaban J connectivity index is 0.941. The molecular formula is C34H29FN6O4. The zero-order chi connectivity index (χ0) is 30.7. The van der Waals surface area contributed by atoms with Crippen LogP contribution >= 0.6 is 0 Å². The lowest BCUT2D eigenvalue weighted by Crippen LogP contribution is -2.64. The van der Waals surface area contributed by atoms with Crippen molar-refractivity contribution in [3.63, 3.8) is 0 Å². The zero-order valence-corrected chi connectivity index (χ0v) is 24.4. The van der Waals surface area contributed by atoms with Gasteiger partial charge >= 0.3 is 0 Å². The topological polar surface area (TPSA) is 110 Å². The van der Waals surface area contributed by atoms with Gasteiger partial charge in [0.1, 0.15) is 11.6 Å². The number of carbonyl (C=O) groups is 2. The number of halogens is 1. The van der Waals surface area contributed by atoms with E-state index in [0.29, 0.717) is 46.7 Å². The van der Waals surface area contributed by atoms with Gasteiger partial charge in [-0.3, -0.25) is 9.59 Å². The molecule has 11 heteroatoms. The maximum atomic E-state index is 13.3. The van der Waals surface area contributed by atoms with Crippen LogP contribution in [0.5, 0.6) is 5.75 Å². The number of aromatic nitrogens is 3. The molecule has 1 aliphatic carbocycles. The van der Waals surface area contributed by atoms with Gasteiger partial charge in [-0.15, -0.1) is 5.10 Å². The van der Waals surface area contributed by atoms with E-state index in [1.165, 1.54) is 12.1 Å². The van der Waals surface area contributed by atoms with Crippen LogP contribution in [0, 0.1) is 11.7 Å². The number of rotatable bonds is 8. The van der Waals surface area contributed by atoms with Crippen molar-refractivity contribution in [1.29, 1.82) is 0 Å². The van der Waals surface area contributed by atoms with Gasteiger partial charge in [0.05, 0.1) is 44.0 Å². The van der Waals surface area contributed by atoms with E-state index >= 15 is 0 Å². The predicted octanol–water partition coefficient (Wildman–Crippen LogP) is 5.08. The lowest BCUT2D eigenvalue weighted by atomic mass is 9.94. The Bertz CT molecular complexity index is 1960. The second kappa shape index (κ2) is 10.4. The number of amides is 2. The molecule has 2 amide bonds. The summed E-state index contributed by atoms with van der Waals surface area (Å²) in [6, 6.07) is 22.6. The third-order valence-electron chi connectivity index (χ3n) is 9.08. The molecule has 3 fully saturated rings. The summed E-state index contributed by atoms with van der Waals surface area (Å²) < 4.78 is 26.2. The molecular weight excluding hydrogens is 575 g/mol. The number of anilines is 3. The Morgan fingerprint density at radius 2 is 1.84 bits per heavy atom. The van der Waals surface area contributed by atoms with Crippen molar-refractivity contribution < 1.29 is 23.5 Å². The number of pyridine rings is 1. The molecule has 2 aromatic heterocycles. The molecule has 4 heterocycles. The van der Waals surface area contributed by atoms with Crippen molar-refractivity contribution in [2.45, 2.75) is 24.5 Å². The van der Waals surface area contributed by atoms with Gasteiger partial charge < -0.3 is 25.0 Å². The van der Waals surface area contributed by atoms with Gasteiger partial charge in [0, 0.05) is 28.9 Å². The molecule has 0 bridgehead atoms. The maximum absolute atomic E-state index is 13.3. The van der Waals surface area contributed by atoms with Crippen molar-refractivity contribution in [2.75, 3.05) is 30.9 Å². The van der Waals surface area contributed by atoms with Gasteiger partial charge in [0.25, 0.3) is 5.91 Å². The number of benzene rings is 3. The zero-order valence-electron chi connectivity index (χ0n) is 24.4. The van der Waals surface area contributed by atoms with E-state index in [2.05, 4.69) is 20.7 Å². The van der Waals surface area contributed by atoms with Crippen LogP contribution in [0.25, 0.3) is 16.8 Å². The minimum Gasteiger partial charge on any atom is -0.495 e. The fraction of sp³-hybridized carbons (Fsp3) is 0.235. The number of likely N-dealkylation sites (tertiary alicyclic amines) is 1. The van der Waals surface area contributed by atoms with Crippen molar-refractivity contribution >= 4 is 34.8 Å². The summed E-state index contributed by atoms with van der Waals surface area (Å²) >= 11 is 0. The summed E-state index contributed by atoms with van der Waals surface area (Å²) in [6.45, 7) is 1.39. The van der Waals surface area contributed by atoms with E-state index < -0.39 is 0 Å². The fourth-order valence-corrected chi connectivity index (χ4v) is 6.57. The van der Waals surface area contributed by atoms with Crippen molar-refractivity contribution in [1.82, 2.24) is 19.5 Å². The highest BCUT2D eigenvalue weighted by molar-refractivity contribution is 5.97. The normalized spacial score (nSPS) is 21.1. The highest BCUT2D eigenvalue weighted by Crippen LogP contribution is 2.62. The van der Waals surface area contributed by atoms with Gasteiger partial charge in [0.2, 0.25) is 11.9 Å². The molecule has 3 aliphatic rings. The molecule has 10 nitrogen and oxygen atoms in total. The summed E-state index contributed by atoms with van der Waals surface area (Å²) in [5, 5.41) is 10.7. The third-order valence-corrected chi connectivity index (χ3v) is 9.08. The maximum Gasteiger partial charge on any atom is 0.254 e. The molecule has 226 valence electrons. The average Bonchev–Trinajstić information content (AvgIpc) is 3.59. The van der Waals surface area contributed by atoms with Crippen LogP contribution in [0.1, 0.15) is 22.3 Å². The average molecular weight is 605 g/mol. The molecule has 2 saturated heterocycles.